The molecule has 1 rings (SSSR count). The smallest absolute Gasteiger partial charge is 0.253 e. The number of hydrogen-bond acceptors (Lipinski definition) is 4. The monoisotopic (exact) mass is 293 g/mol. The van der Waals surface area contributed by atoms with Crippen molar-refractivity contribution in [1.29, 1.82) is 0 Å². The van der Waals surface area contributed by atoms with Gasteiger partial charge in [-0.15, -0.1) is 0 Å². The maximum Gasteiger partial charge on any atom is 0.253 e. The van der Waals surface area contributed by atoms with E-state index in [0.29, 0.717) is 30.2 Å². The van der Waals surface area contributed by atoms with Crippen LogP contribution in [0, 0.1) is 0 Å². The van der Waals surface area contributed by atoms with Crippen LogP contribution >= 0.6 is 0 Å². The van der Waals surface area contributed by atoms with Crippen molar-refractivity contribution >= 4 is 11.6 Å². The lowest BCUT2D eigenvalue weighted by Crippen LogP contribution is -2.33. The van der Waals surface area contributed by atoms with Crippen molar-refractivity contribution in [3.8, 4) is 5.75 Å². The predicted octanol–water partition coefficient (Wildman–Crippen LogP) is 2.08. The van der Waals surface area contributed by atoms with Crippen LogP contribution in [0.25, 0.3) is 0 Å². The Morgan fingerprint density at radius 3 is 2.48 bits per heavy atom. The minimum Gasteiger partial charge on any atom is -0.492 e. The molecular formula is C16H27N3O2. The Balaban J connectivity index is 2.73. The van der Waals surface area contributed by atoms with E-state index in [-0.39, 0.29) is 5.91 Å². The molecular weight excluding hydrogens is 266 g/mol. The van der Waals surface area contributed by atoms with Crippen molar-refractivity contribution < 1.29 is 9.53 Å². The number of benzene rings is 1. The molecule has 0 unspecified atom stereocenters. The molecule has 1 amide bonds. The molecule has 0 saturated carbocycles. The van der Waals surface area contributed by atoms with Crippen molar-refractivity contribution in [1.82, 2.24) is 9.80 Å². The maximum atomic E-state index is 12.5. The van der Waals surface area contributed by atoms with Crippen LogP contribution in [0.1, 0.15) is 30.6 Å². The summed E-state index contributed by atoms with van der Waals surface area (Å²) in [5.41, 5.74) is 7.04. The lowest BCUT2D eigenvalue weighted by Gasteiger charge is -2.22. The zero-order valence-corrected chi connectivity index (χ0v) is 13.6. The summed E-state index contributed by atoms with van der Waals surface area (Å²) >= 11 is 0. The van der Waals surface area contributed by atoms with Crippen molar-refractivity contribution in [3.05, 3.63) is 23.8 Å². The Labute approximate surface area is 127 Å². The van der Waals surface area contributed by atoms with Gasteiger partial charge in [0.05, 0.1) is 12.3 Å². The number of hydrogen-bond donors (Lipinski definition) is 1. The Kier molecular flexibility index (Phi) is 7.02. The fourth-order valence-corrected chi connectivity index (χ4v) is 2.13. The predicted molar refractivity (Wildman–Crippen MR) is 86.8 cm³/mol. The van der Waals surface area contributed by atoms with E-state index in [4.69, 9.17) is 10.5 Å². The zero-order chi connectivity index (χ0) is 15.8. The summed E-state index contributed by atoms with van der Waals surface area (Å²) in [6.07, 6.45) is 0.957. The molecule has 0 bridgehead atoms. The summed E-state index contributed by atoms with van der Waals surface area (Å²) in [5, 5.41) is 0. The second-order valence-corrected chi connectivity index (χ2v) is 5.23. The highest BCUT2D eigenvalue weighted by molar-refractivity contribution is 5.95. The van der Waals surface area contributed by atoms with Gasteiger partial charge in [0.15, 0.2) is 0 Å². The lowest BCUT2D eigenvalue weighted by atomic mass is 10.1. The quantitative estimate of drug-likeness (QED) is 0.746. The summed E-state index contributed by atoms with van der Waals surface area (Å²) < 4.78 is 5.39. The average molecular weight is 293 g/mol. The molecule has 21 heavy (non-hydrogen) atoms. The number of amides is 1. The van der Waals surface area contributed by atoms with Crippen LogP contribution in [0.2, 0.25) is 0 Å². The Morgan fingerprint density at radius 2 is 1.95 bits per heavy atom. The van der Waals surface area contributed by atoms with Crippen LogP contribution in [0.4, 0.5) is 5.69 Å². The molecule has 0 fully saturated rings. The van der Waals surface area contributed by atoms with Gasteiger partial charge in [-0.25, -0.2) is 0 Å². The molecule has 0 saturated heterocycles. The van der Waals surface area contributed by atoms with E-state index in [1.165, 1.54) is 0 Å². The van der Waals surface area contributed by atoms with Gasteiger partial charge in [-0.1, -0.05) is 0 Å². The number of nitrogens with zero attached hydrogens (tertiary/aromatic N) is 2. The second-order valence-electron chi connectivity index (χ2n) is 5.23. The van der Waals surface area contributed by atoms with Crippen LogP contribution in [-0.2, 0) is 0 Å². The number of nitrogen functional groups attached to an aromatic ring is 1. The third kappa shape index (κ3) is 5.27. The largest absolute Gasteiger partial charge is 0.492 e. The zero-order valence-electron chi connectivity index (χ0n) is 13.6. The molecule has 0 atom stereocenters. The van der Waals surface area contributed by atoms with Gasteiger partial charge in [0.1, 0.15) is 5.75 Å². The van der Waals surface area contributed by atoms with Crippen molar-refractivity contribution in [2.45, 2.75) is 20.3 Å². The lowest BCUT2D eigenvalue weighted by molar-refractivity contribution is 0.0759. The van der Waals surface area contributed by atoms with Gasteiger partial charge in [-0.05, 0) is 59.1 Å². The maximum absolute atomic E-state index is 12.5. The standard InChI is InChI=1S/C16H27N3O2/c1-5-19(11-7-10-18(3)4)16(20)13-8-9-15(21-6-2)14(17)12-13/h8-9,12H,5-7,10-11,17H2,1-4H3. The first-order chi connectivity index (χ1) is 9.99. The van der Waals surface area contributed by atoms with Crippen LogP contribution in [-0.4, -0.2) is 56.0 Å². The highest BCUT2D eigenvalue weighted by Gasteiger charge is 2.15. The second kappa shape index (κ2) is 8.52. The molecule has 0 spiro atoms. The fraction of sp³-hybridized carbons (Fsp3) is 0.562. The third-order valence-corrected chi connectivity index (χ3v) is 3.26. The first-order valence-corrected chi connectivity index (χ1v) is 7.45. The number of carbonyl (C=O) groups is 1. The average Bonchev–Trinajstić information content (AvgIpc) is 2.45. The van der Waals surface area contributed by atoms with Crippen molar-refractivity contribution in [2.75, 3.05) is 46.1 Å². The van der Waals surface area contributed by atoms with E-state index in [2.05, 4.69) is 4.90 Å². The van der Waals surface area contributed by atoms with Gasteiger partial charge in [0.2, 0.25) is 0 Å². The first kappa shape index (κ1) is 17.3. The molecule has 1 aromatic carbocycles. The number of carbonyl (C=O) groups excluding carboxylic acids is 1. The topological polar surface area (TPSA) is 58.8 Å². The minimum atomic E-state index is 0.0194. The number of ether oxygens (including phenoxy) is 1. The summed E-state index contributed by atoms with van der Waals surface area (Å²) in [5.74, 6) is 0.649. The van der Waals surface area contributed by atoms with E-state index in [1.807, 2.05) is 32.8 Å². The molecule has 5 heteroatoms. The SMILES string of the molecule is CCOc1ccc(C(=O)N(CC)CCCN(C)C)cc1N. The van der Waals surface area contributed by atoms with Crippen LogP contribution < -0.4 is 10.5 Å². The highest BCUT2D eigenvalue weighted by Crippen LogP contribution is 2.23. The van der Waals surface area contributed by atoms with Gasteiger partial charge >= 0.3 is 0 Å². The Hall–Kier alpha value is -1.75. The molecule has 0 aliphatic rings. The van der Waals surface area contributed by atoms with Gasteiger partial charge in [-0.3, -0.25) is 4.79 Å². The number of anilines is 1. The van der Waals surface area contributed by atoms with E-state index in [1.54, 1.807) is 18.2 Å². The normalized spacial score (nSPS) is 10.7. The van der Waals surface area contributed by atoms with Crippen LogP contribution in [0.5, 0.6) is 5.75 Å². The minimum absolute atomic E-state index is 0.0194. The summed E-state index contributed by atoms with van der Waals surface area (Å²) in [4.78, 5) is 16.5. The van der Waals surface area contributed by atoms with Crippen molar-refractivity contribution in [2.24, 2.45) is 0 Å². The van der Waals surface area contributed by atoms with Gasteiger partial charge < -0.3 is 20.3 Å². The fourth-order valence-electron chi connectivity index (χ4n) is 2.13. The molecule has 0 aliphatic carbocycles. The van der Waals surface area contributed by atoms with E-state index >= 15 is 0 Å². The van der Waals surface area contributed by atoms with Crippen molar-refractivity contribution in [3.63, 3.8) is 0 Å². The molecule has 118 valence electrons. The van der Waals surface area contributed by atoms with E-state index < -0.39 is 0 Å². The Morgan fingerprint density at radius 1 is 1.24 bits per heavy atom. The van der Waals surface area contributed by atoms with Gasteiger partial charge in [-0.2, -0.15) is 0 Å². The first-order valence-electron chi connectivity index (χ1n) is 7.45. The third-order valence-electron chi connectivity index (χ3n) is 3.26. The molecule has 2 N–H and O–H groups in total. The molecule has 0 aromatic heterocycles. The van der Waals surface area contributed by atoms with Crippen LogP contribution in [0.3, 0.4) is 0 Å². The Bertz CT molecular complexity index is 461. The summed E-state index contributed by atoms with van der Waals surface area (Å²) in [7, 11) is 4.07. The van der Waals surface area contributed by atoms with Gasteiger partial charge in [0, 0.05) is 18.7 Å². The molecule has 0 radical (unpaired) electrons. The molecule has 0 heterocycles. The van der Waals surface area contributed by atoms with E-state index in [0.717, 1.165) is 19.5 Å². The number of nitrogens with two attached hydrogens (primary N) is 1. The summed E-state index contributed by atoms with van der Waals surface area (Å²) in [6, 6.07) is 5.24. The van der Waals surface area contributed by atoms with Crippen LogP contribution in [0.15, 0.2) is 18.2 Å². The summed E-state index contributed by atoms with van der Waals surface area (Å²) in [6.45, 7) is 6.87. The van der Waals surface area contributed by atoms with Gasteiger partial charge in [0.25, 0.3) is 5.91 Å². The van der Waals surface area contributed by atoms with E-state index in [9.17, 15) is 4.79 Å². The highest BCUT2D eigenvalue weighted by atomic mass is 16.5. The molecule has 5 nitrogen and oxygen atoms in total. The number of rotatable bonds is 8. The molecule has 0 aliphatic heterocycles. The molecule has 1 aromatic rings.